The number of hydrogen-bond donors (Lipinski definition) is 7. The summed E-state index contributed by atoms with van der Waals surface area (Å²) in [5.41, 5.74) is 15.3. The lowest BCUT2D eigenvalue weighted by atomic mass is 10.3. The minimum atomic E-state index is -2.52. The van der Waals surface area contributed by atoms with Crippen LogP contribution in [0.1, 0.15) is 12.8 Å². The highest BCUT2D eigenvalue weighted by Crippen LogP contribution is 1.86. The van der Waals surface area contributed by atoms with Crippen molar-refractivity contribution in [2.45, 2.75) is 12.8 Å². The molecule has 0 saturated heterocycles. The Kier molecular flexibility index (Phi) is 13.3. The van der Waals surface area contributed by atoms with E-state index in [1.54, 1.807) is 0 Å². The van der Waals surface area contributed by atoms with Crippen LogP contribution >= 0.6 is 0 Å². The summed E-state index contributed by atoms with van der Waals surface area (Å²) in [6.45, 7) is 1.32. The van der Waals surface area contributed by atoms with E-state index in [-0.39, 0.29) is 11.9 Å². The molecule has 0 aromatic rings. The molecule has 0 spiro atoms. The number of rotatable bonds is 6. The number of nitrogens with zero attached hydrogens (tertiary/aromatic N) is 1. The molecule has 1 unspecified atom stereocenters. The first-order valence-electron chi connectivity index (χ1n) is 4.46. The van der Waals surface area contributed by atoms with Gasteiger partial charge in [0.05, 0.1) is 0 Å². The molecule has 10 nitrogen and oxygen atoms in total. The SMILES string of the molecule is N=C(N)NCCCCN=C(N)N.O=S(O)OO. The van der Waals surface area contributed by atoms with E-state index >= 15 is 0 Å². The number of hydrogen-bond acceptors (Lipinski definition) is 5. The summed E-state index contributed by atoms with van der Waals surface area (Å²) in [7, 11) is 0. The molecule has 0 heterocycles. The van der Waals surface area contributed by atoms with Crippen molar-refractivity contribution in [3.8, 4) is 0 Å². The van der Waals surface area contributed by atoms with E-state index in [1.165, 1.54) is 0 Å². The van der Waals surface area contributed by atoms with Gasteiger partial charge in [-0.25, -0.2) is 5.26 Å². The first kappa shape index (κ1) is 17.9. The van der Waals surface area contributed by atoms with Crippen molar-refractivity contribution in [1.82, 2.24) is 5.32 Å². The third-order valence-corrected chi connectivity index (χ3v) is 1.39. The minimum Gasteiger partial charge on any atom is -0.370 e. The topological polar surface area (TPSA) is 193 Å². The Hall–Kier alpha value is -1.43. The highest BCUT2D eigenvalue weighted by atomic mass is 32.2. The summed E-state index contributed by atoms with van der Waals surface area (Å²) in [5, 5.41) is 16.6. The van der Waals surface area contributed by atoms with E-state index in [4.69, 9.17) is 36.6 Å². The molecule has 0 aliphatic carbocycles. The zero-order valence-corrected chi connectivity index (χ0v) is 9.94. The first-order chi connectivity index (χ1) is 7.90. The molecule has 0 aromatic carbocycles. The van der Waals surface area contributed by atoms with Crippen LogP contribution in [0, 0.1) is 5.41 Å². The van der Waals surface area contributed by atoms with Crippen LogP contribution in [0.4, 0.5) is 0 Å². The molecule has 17 heavy (non-hydrogen) atoms. The van der Waals surface area contributed by atoms with Crippen LogP contribution in [0.3, 0.4) is 0 Å². The van der Waals surface area contributed by atoms with Crippen LogP contribution in [0.25, 0.3) is 0 Å². The third-order valence-electron chi connectivity index (χ3n) is 1.26. The average Bonchev–Trinajstić information content (AvgIpc) is 2.23. The van der Waals surface area contributed by atoms with Gasteiger partial charge in [0, 0.05) is 13.1 Å². The second-order valence-corrected chi connectivity index (χ2v) is 3.23. The van der Waals surface area contributed by atoms with E-state index in [1.807, 2.05) is 0 Å². The third kappa shape index (κ3) is 25.1. The van der Waals surface area contributed by atoms with Crippen molar-refractivity contribution in [2.24, 2.45) is 22.2 Å². The second-order valence-electron chi connectivity index (χ2n) is 2.65. The summed E-state index contributed by atoms with van der Waals surface area (Å²) >= 11 is -2.52. The maximum absolute atomic E-state index is 9.01. The fourth-order valence-corrected chi connectivity index (χ4v) is 0.668. The Balaban J connectivity index is 0. The summed E-state index contributed by atoms with van der Waals surface area (Å²) in [6, 6.07) is 0. The Bertz CT molecular complexity index is 257. The van der Waals surface area contributed by atoms with E-state index in [0.29, 0.717) is 13.1 Å². The standard InChI is InChI=1S/C6H16N6.H2O4S/c7-5(8)11-3-1-2-4-12-6(9)10;1-4-5(2)3/h1-4H2,(H4,7,8,11)(H4,9,10,12);1H,(H,2,3). The van der Waals surface area contributed by atoms with E-state index in [9.17, 15) is 0 Å². The van der Waals surface area contributed by atoms with Crippen LogP contribution in [0.15, 0.2) is 4.99 Å². The molecule has 1 atom stereocenters. The Labute approximate surface area is 101 Å². The largest absolute Gasteiger partial charge is 0.370 e. The summed E-state index contributed by atoms with van der Waals surface area (Å²) in [6.07, 6.45) is 1.79. The van der Waals surface area contributed by atoms with Crippen LogP contribution in [-0.4, -0.2) is 39.0 Å². The molecule has 0 saturated carbocycles. The molecule has 11 heteroatoms. The summed E-state index contributed by atoms with van der Waals surface area (Å²) in [4.78, 5) is 3.80. The van der Waals surface area contributed by atoms with Crippen molar-refractivity contribution in [3.05, 3.63) is 0 Å². The van der Waals surface area contributed by atoms with E-state index in [0.717, 1.165) is 12.8 Å². The number of unbranched alkanes of at least 4 members (excludes halogenated alkanes) is 1. The highest BCUT2D eigenvalue weighted by Gasteiger charge is 1.88. The number of guanidine groups is 2. The van der Waals surface area contributed by atoms with Crippen molar-refractivity contribution in [3.63, 3.8) is 0 Å². The number of nitrogens with one attached hydrogen (secondary N) is 2. The first-order valence-corrected chi connectivity index (χ1v) is 5.49. The lowest BCUT2D eigenvalue weighted by Gasteiger charge is -2.01. The maximum Gasteiger partial charge on any atom is 0.330 e. The molecule has 0 aromatic heterocycles. The molecule has 0 aliphatic rings. The maximum atomic E-state index is 9.01. The molecule has 10 N–H and O–H groups in total. The van der Waals surface area contributed by atoms with Crippen molar-refractivity contribution >= 4 is 23.3 Å². The van der Waals surface area contributed by atoms with Gasteiger partial charge in [0.2, 0.25) is 0 Å². The molecular weight excluding hydrogens is 252 g/mol. The lowest BCUT2D eigenvalue weighted by molar-refractivity contribution is -0.131. The number of aliphatic imine (C=N–C) groups is 1. The van der Waals surface area contributed by atoms with Gasteiger partial charge in [-0.2, -0.15) is 4.21 Å². The quantitative estimate of drug-likeness (QED) is 0.0728. The molecular formula is C6H18N6O4S. The Morgan fingerprint density at radius 1 is 1.41 bits per heavy atom. The van der Waals surface area contributed by atoms with Gasteiger partial charge in [-0.05, 0) is 12.8 Å². The van der Waals surface area contributed by atoms with E-state index in [2.05, 4.69) is 14.6 Å². The fourth-order valence-electron chi connectivity index (χ4n) is 0.668. The molecule has 0 bridgehead atoms. The smallest absolute Gasteiger partial charge is 0.330 e. The lowest BCUT2D eigenvalue weighted by Crippen LogP contribution is -2.31. The predicted octanol–water partition coefficient (Wildman–Crippen LogP) is -1.86. The molecule has 102 valence electrons. The van der Waals surface area contributed by atoms with Gasteiger partial charge in [0.15, 0.2) is 11.9 Å². The van der Waals surface area contributed by atoms with Gasteiger partial charge < -0.3 is 22.5 Å². The molecule has 0 aliphatic heterocycles. The molecule has 0 amide bonds. The molecule has 0 radical (unpaired) electrons. The van der Waals surface area contributed by atoms with Crippen LogP contribution in [-0.2, 0) is 15.7 Å². The van der Waals surface area contributed by atoms with Gasteiger partial charge in [0.1, 0.15) is 0 Å². The predicted molar refractivity (Wildman–Crippen MR) is 64.3 cm³/mol. The average molecular weight is 270 g/mol. The van der Waals surface area contributed by atoms with Crippen molar-refractivity contribution < 1.29 is 18.4 Å². The Morgan fingerprint density at radius 2 is 1.94 bits per heavy atom. The molecule has 0 fully saturated rings. The van der Waals surface area contributed by atoms with Crippen molar-refractivity contribution in [1.29, 1.82) is 5.41 Å². The van der Waals surface area contributed by atoms with Crippen molar-refractivity contribution in [2.75, 3.05) is 13.1 Å². The van der Waals surface area contributed by atoms with Crippen LogP contribution in [0.5, 0.6) is 0 Å². The van der Waals surface area contributed by atoms with Crippen LogP contribution < -0.4 is 22.5 Å². The fraction of sp³-hybridized carbons (Fsp3) is 0.667. The van der Waals surface area contributed by atoms with Gasteiger partial charge >= 0.3 is 11.4 Å². The minimum absolute atomic E-state index is 0.00293. The number of nitrogens with two attached hydrogens (primary N) is 3. The summed E-state index contributed by atoms with van der Waals surface area (Å²) < 4.78 is 19.1. The van der Waals surface area contributed by atoms with Gasteiger partial charge in [-0.15, -0.1) is 4.33 Å². The zero-order chi connectivity index (χ0) is 13.7. The van der Waals surface area contributed by atoms with Gasteiger partial charge in [-0.1, -0.05) is 0 Å². The summed E-state index contributed by atoms with van der Waals surface area (Å²) in [5.74, 6) is 0.117. The Morgan fingerprint density at radius 3 is 2.29 bits per heavy atom. The van der Waals surface area contributed by atoms with Gasteiger partial charge in [0.25, 0.3) is 0 Å². The zero-order valence-electron chi connectivity index (χ0n) is 9.13. The molecule has 0 rings (SSSR count). The van der Waals surface area contributed by atoms with E-state index < -0.39 is 11.4 Å². The monoisotopic (exact) mass is 270 g/mol. The normalized spacial score (nSPS) is 10.7. The highest BCUT2D eigenvalue weighted by molar-refractivity contribution is 7.74. The van der Waals surface area contributed by atoms with Crippen LogP contribution in [0.2, 0.25) is 0 Å². The second kappa shape index (κ2) is 12.6. The van der Waals surface area contributed by atoms with Gasteiger partial charge in [-0.3, -0.25) is 15.0 Å².